The maximum Gasteiger partial charge on any atom is 0.121 e. The molecule has 0 saturated carbocycles. The first-order valence-corrected chi connectivity index (χ1v) is 7.24. The maximum absolute atomic E-state index is 5.76. The standard InChI is InChI=1S/C15H26N2O/c1-4-17(11-14-7-5-6-10-16-14)13(3)15-9-8-12(2)18-15/h8-9,13-14,16H,4-7,10-11H2,1-3H3. The van der Waals surface area contributed by atoms with Gasteiger partial charge in [-0.3, -0.25) is 4.90 Å². The maximum atomic E-state index is 5.76. The topological polar surface area (TPSA) is 28.4 Å². The highest BCUT2D eigenvalue weighted by atomic mass is 16.3. The SMILES string of the molecule is CCN(CC1CCCCN1)C(C)c1ccc(C)o1. The normalized spacial score (nSPS) is 22.3. The Kier molecular flexibility index (Phi) is 4.84. The van der Waals surface area contributed by atoms with E-state index in [9.17, 15) is 0 Å². The van der Waals surface area contributed by atoms with E-state index in [-0.39, 0.29) is 0 Å². The van der Waals surface area contributed by atoms with Crippen LogP contribution >= 0.6 is 0 Å². The van der Waals surface area contributed by atoms with E-state index in [0.29, 0.717) is 12.1 Å². The van der Waals surface area contributed by atoms with E-state index in [2.05, 4.69) is 36.2 Å². The van der Waals surface area contributed by atoms with Crippen LogP contribution in [0, 0.1) is 6.92 Å². The minimum atomic E-state index is 0.368. The molecule has 1 fully saturated rings. The molecule has 1 aromatic rings. The second kappa shape index (κ2) is 6.39. The number of aryl methyl sites for hydroxylation is 1. The number of rotatable bonds is 5. The highest BCUT2D eigenvalue weighted by molar-refractivity contribution is 5.09. The third kappa shape index (κ3) is 3.36. The van der Waals surface area contributed by atoms with Crippen LogP contribution in [0.1, 0.15) is 50.7 Å². The molecule has 2 unspecified atom stereocenters. The average Bonchev–Trinajstić information content (AvgIpc) is 2.83. The number of likely N-dealkylation sites (N-methyl/N-ethyl adjacent to an activating group) is 1. The fourth-order valence-corrected chi connectivity index (χ4v) is 2.78. The molecule has 0 bridgehead atoms. The zero-order valence-electron chi connectivity index (χ0n) is 11.9. The van der Waals surface area contributed by atoms with Gasteiger partial charge in [0.05, 0.1) is 6.04 Å². The van der Waals surface area contributed by atoms with E-state index in [1.807, 2.05) is 6.92 Å². The largest absolute Gasteiger partial charge is 0.465 e. The van der Waals surface area contributed by atoms with Gasteiger partial charge in [0.1, 0.15) is 11.5 Å². The molecule has 0 radical (unpaired) electrons. The Labute approximate surface area is 111 Å². The van der Waals surface area contributed by atoms with Gasteiger partial charge < -0.3 is 9.73 Å². The zero-order valence-corrected chi connectivity index (χ0v) is 11.9. The molecule has 2 heterocycles. The van der Waals surface area contributed by atoms with Gasteiger partial charge in [0.25, 0.3) is 0 Å². The van der Waals surface area contributed by atoms with Gasteiger partial charge in [0.2, 0.25) is 0 Å². The lowest BCUT2D eigenvalue weighted by Crippen LogP contribution is -2.44. The monoisotopic (exact) mass is 250 g/mol. The Morgan fingerprint density at radius 1 is 1.44 bits per heavy atom. The molecule has 1 N–H and O–H groups in total. The first kappa shape index (κ1) is 13.6. The minimum absolute atomic E-state index is 0.368. The summed E-state index contributed by atoms with van der Waals surface area (Å²) in [5, 5.41) is 3.62. The van der Waals surface area contributed by atoms with Crippen molar-refractivity contribution in [1.29, 1.82) is 0 Å². The molecule has 0 spiro atoms. The van der Waals surface area contributed by atoms with Crippen LogP contribution in [-0.2, 0) is 0 Å². The molecule has 18 heavy (non-hydrogen) atoms. The van der Waals surface area contributed by atoms with Gasteiger partial charge in [0, 0.05) is 12.6 Å². The Hall–Kier alpha value is -0.800. The highest BCUT2D eigenvalue weighted by Crippen LogP contribution is 2.23. The number of nitrogens with one attached hydrogen (secondary N) is 1. The molecule has 1 saturated heterocycles. The number of hydrogen-bond acceptors (Lipinski definition) is 3. The summed E-state index contributed by atoms with van der Waals surface area (Å²) in [6.45, 7) is 9.85. The summed E-state index contributed by atoms with van der Waals surface area (Å²) in [5.74, 6) is 2.09. The van der Waals surface area contributed by atoms with Crippen LogP contribution in [0.4, 0.5) is 0 Å². The van der Waals surface area contributed by atoms with Crippen molar-refractivity contribution in [2.75, 3.05) is 19.6 Å². The van der Waals surface area contributed by atoms with E-state index in [4.69, 9.17) is 4.42 Å². The lowest BCUT2D eigenvalue weighted by Gasteiger charge is -2.32. The predicted octanol–water partition coefficient (Wildman–Crippen LogP) is 3.11. The molecular formula is C15H26N2O. The summed E-state index contributed by atoms with van der Waals surface area (Å²) in [4.78, 5) is 2.50. The van der Waals surface area contributed by atoms with Crippen molar-refractivity contribution in [1.82, 2.24) is 10.2 Å². The Morgan fingerprint density at radius 3 is 2.83 bits per heavy atom. The van der Waals surface area contributed by atoms with Gasteiger partial charge in [-0.05, 0) is 51.9 Å². The first-order valence-electron chi connectivity index (χ1n) is 7.24. The van der Waals surface area contributed by atoms with Crippen LogP contribution in [0.5, 0.6) is 0 Å². The molecule has 1 aromatic heterocycles. The zero-order chi connectivity index (χ0) is 13.0. The van der Waals surface area contributed by atoms with Crippen LogP contribution in [0.15, 0.2) is 16.5 Å². The fraction of sp³-hybridized carbons (Fsp3) is 0.733. The summed E-state index contributed by atoms with van der Waals surface area (Å²) in [7, 11) is 0. The Bertz CT molecular complexity index is 355. The van der Waals surface area contributed by atoms with Crippen molar-refractivity contribution in [3.8, 4) is 0 Å². The van der Waals surface area contributed by atoms with Crippen molar-refractivity contribution in [2.45, 2.75) is 52.1 Å². The van der Waals surface area contributed by atoms with E-state index in [1.54, 1.807) is 0 Å². The summed E-state index contributed by atoms with van der Waals surface area (Å²) >= 11 is 0. The molecular weight excluding hydrogens is 224 g/mol. The van der Waals surface area contributed by atoms with Gasteiger partial charge in [-0.25, -0.2) is 0 Å². The van der Waals surface area contributed by atoms with Crippen molar-refractivity contribution in [3.63, 3.8) is 0 Å². The van der Waals surface area contributed by atoms with Gasteiger partial charge >= 0.3 is 0 Å². The second-order valence-electron chi connectivity index (χ2n) is 5.36. The second-order valence-corrected chi connectivity index (χ2v) is 5.36. The quantitative estimate of drug-likeness (QED) is 0.870. The number of furan rings is 1. The van der Waals surface area contributed by atoms with Crippen molar-refractivity contribution in [2.24, 2.45) is 0 Å². The summed E-state index contributed by atoms with van der Waals surface area (Å²) in [5.41, 5.74) is 0. The van der Waals surface area contributed by atoms with Crippen LogP contribution in [0.25, 0.3) is 0 Å². The van der Waals surface area contributed by atoms with E-state index in [0.717, 1.165) is 24.6 Å². The lowest BCUT2D eigenvalue weighted by molar-refractivity contribution is 0.166. The molecule has 102 valence electrons. The van der Waals surface area contributed by atoms with Gasteiger partial charge in [-0.15, -0.1) is 0 Å². The Balaban J connectivity index is 1.94. The molecule has 1 aliphatic rings. The van der Waals surface area contributed by atoms with E-state index >= 15 is 0 Å². The highest BCUT2D eigenvalue weighted by Gasteiger charge is 2.21. The van der Waals surface area contributed by atoms with Crippen LogP contribution in [0.3, 0.4) is 0 Å². The number of hydrogen-bond donors (Lipinski definition) is 1. The van der Waals surface area contributed by atoms with Crippen LogP contribution < -0.4 is 5.32 Å². The van der Waals surface area contributed by atoms with Gasteiger partial charge in [-0.2, -0.15) is 0 Å². The predicted molar refractivity (Wildman–Crippen MR) is 74.7 cm³/mol. The van der Waals surface area contributed by atoms with Crippen molar-refractivity contribution >= 4 is 0 Å². The summed E-state index contributed by atoms with van der Waals surface area (Å²) in [6.07, 6.45) is 4.00. The number of piperidine rings is 1. The summed E-state index contributed by atoms with van der Waals surface area (Å²) < 4.78 is 5.76. The third-order valence-electron chi connectivity index (χ3n) is 3.99. The third-order valence-corrected chi connectivity index (χ3v) is 3.99. The van der Waals surface area contributed by atoms with Gasteiger partial charge in [-0.1, -0.05) is 13.3 Å². The lowest BCUT2D eigenvalue weighted by atomic mass is 10.0. The average molecular weight is 250 g/mol. The molecule has 1 aliphatic heterocycles. The van der Waals surface area contributed by atoms with Gasteiger partial charge in [0.15, 0.2) is 0 Å². The Morgan fingerprint density at radius 2 is 2.28 bits per heavy atom. The molecule has 3 nitrogen and oxygen atoms in total. The first-order chi connectivity index (χ1) is 8.70. The van der Waals surface area contributed by atoms with Crippen LogP contribution in [0.2, 0.25) is 0 Å². The molecule has 2 rings (SSSR count). The van der Waals surface area contributed by atoms with Crippen molar-refractivity contribution < 1.29 is 4.42 Å². The van der Waals surface area contributed by atoms with E-state index in [1.165, 1.54) is 25.8 Å². The van der Waals surface area contributed by atoms with Crippen LogP contribution in [-0.4, -0.2) is 30.6 Å². The fourth-order valence-electron chi connectivity index (χ4n) is 2.78. The van der Waals surface area contributed by atoms with Crippen molar-refractivity contribution in [3.05, 3.63) is 23.7 Å². The summed E-state index contributed by atoms with van der Waals surface area (Å²) in [6, 6.07) is 5.18. The molecule has 0 aliphatic carbocycles. The molecule has 0 aromatic carbocycles. The molecule has 2 atom stereocenters. The minimum Gasteiger partial charge on any atom is -0.465 e. The van der Waals surface area contributed by atoms with E-state index < -0.39 is 0 Å². The smallest absolute Gasteiger partial charge is 0.121 e. The molecule has 3 heteroatoms. The number of nitrogens with zero attached hydrogens (tertiary/aromatic N) is 1. The molecule has 0 amide bonds.